The second-order valence-corrected chi connectivity index (χ2v) is 6.12. The number of hydrogen-bond donors (Lipinski definition) is 2. The van der Waals surface area contributed by atoms with E-state index in [9.17, 15) is 4.79 Å². The fourth-order valence-electron chi connectivity index (χ4n) is 3.36. The van der Waals surface area contributed by atoms with Crippen molar-refractivity contribution in [2.75, 3.05) is 32.0 Å². The molecule has 0 bridgehead atoms. The van der Waals surface area contributed by atoms with E-state index in [1.807, 2.05) is 30.3 Å². The molecular formula is C17H20N6O2. The Morgan fingerprint density at radius 3 is 2.68 bits per heavy atom. The first-order chi connectivity index (χ1) is 12.1. The summed E-state index contributed by atoms with van der Waals surface area (Å²) in [4.78, 5) is 22.5. The number of morpholine rings is 1. The van der Waals surface area contributed by atoms with Gasteiger partial charge in [0.15, 0.2) is 11.3 Å². The molecule has 1 aliphatic heterocycles. The molecule has 0 amide bonds. The predicted molar refractivity (Wildman–Crippen MR) is 94.2 cm³/mol. The summed E-state index contributed by atoms with van der Waals surface area (Å²) < 4.78 is 6.94. The molecule has 3 aromatic rings. The lowest BCUT2D eigenvalue weighted by Gasteiger charge is -2.34. The van der Waals surface area contributed by atoms with Gasteiger partial charge in [-0.15, -0.1) is 0 Å². The molecule has 4 rings (SSSR count). The molecule has 3 N–H and O–H groups in total. The third kappa shape index (κ3) is 2.79. The van der Waals surface area contributed by atoms with Crippen molar-refractivity contribution in [3.8, 4) is 0 Å². The summed E-state index contributed by atoms with van der Waals surface area (Å²) in [7, 11) is 1.69. The number of ether oxygens (including phenoxy) is 1. The smallest absolute Gasteiger partial charge is 0.277 e. The van der Waals surface area contributed by atoms with Crippen LogP contribution in [-0.4, -0.2) is 51.0 Å². The Labute approximate surface area is 144 Å². The highest BCUT2D eigenvalue weighted by molar-refractivity contribution is 5.84. The highest BCUT2D eigenvalue weighted by atomic mass is 16.5. The van der Waals surface area contributed by atoms with Crippen molar-refractivity contribution in [3.05, 3.63) is 52.1 Å². The van der Waals surface area contributed by atoms with Gasteiger partial charge in [-0.3, -0.25) is 14.4 Å². The van der Waals surface area contributed by atoms with Crippen LogP contribution in [0.4, 0.5) is 5.82 Å². The Balaban J connectivity index is 1.88. The molecule has 1 aliphatic rings. The Morgan fingerprint density at radius 2 is 1.96 bits per heavy atom. The van der Waals surface area contributed by atoms with Gasteiger partial charge in [-0.2, -0.15) is 5.10 Å². The first kappa shape index (κ1) is 15.8. The largest absolute Gasteiger partial charge is 0.380 e. The number of H-pyrrole nitrogens is 1. The minimum absolute atomic E-state index is 0.165. The summed E-state index contributed by atoms with van der Waals surface area (Å²) in [6.07, 6.45) is 0. The second kappa shape index (κ2) is 6.30. The minimum Gasteiger partial charge on any atom is -0.380 e. The average molecular weight is 340 g/mol. The van der Waals surface area contributed by atoms with E-state index in [4.69, 9.17) is 10.5 Å². The van der Waals surface area contributed by atoms with Crippen LogP contribution in [-0.2, 0) is 11.8 Å². The molecule has 130 valence electrons. The van der Waals surface area contributed by atoms with Crippen molar-refractivity contribution in [3.63, 3.8) is 0 Å². The zero-order chi connectivity index (χ0) is 17.4. The topological polar surface area (TPSA) is 102 Å². The van der Waals surface area contributed by atoms with Crippen molar-refractivity contribution >= 4 is 16.9 Å². The second-order valence-electron chi connectivity index (χ2n) is 6.12. The number of benzene rings is 1. The van der Waals surface area contributed by atoms with Crippen LogP contribution in [0.1, 0.15) is 17.4 Å². The van der Waals surface area contributed by atoms with Crippen molar-refractivity contribution in [2.45, 2.75) is 6.04 Å². The molecule has 0 spiro atoms. The maximum Gasteiger partial charge on any atom is 0.277 e. The van der Waals surface area contributed by atoms with Gasteiger partial charge in [-0.25, -0.2) is 4.98 Å². The molecule has 1 saturated heterocycles. The number of nitrogens with zero attached hydrogens (tertiary/aromatic N) is 4. The lowest BCUT2D eigenvalue weighted by atomic mass is 10.0. The maximum atomic E-state index is 12.6. The third-order valence-electron chi connectivity index (χ3n) is 4.52. The van der Waals surface area contributed by atoms with E-state index in [0.29, 0.717) is 30.1 Å². The van der Waals surface area contributed by atoms with Gasteiger partial charge in [0.05, 0.1) is 19.3 Å². The summed E-state index contributed by atoms with van der Waals surface area (Å²) in [5, 5.41) is 4.12. The molecule has 8 nitrogen and oxygen atoms in total. The van der Waals surface area contributed by atoms with Gasteiger partial charge in [0.25, 0.3) is 5.56 Å². The molecule has 0 aliphatic carbocycles. The number of nitrogen functional groups attached to an aromatic ring is 1. The molecule has 2 aromatic heterocycles. The lowest BCUT2D eigenvalue weighted by molar-refractivity contribution is 0.0225. The van der Waals surface area contributed by atoms with Crippen LogP contribution in [0.5, 0.6) is 0 Å². The van der Waals surface area contributed by atoms with Crippen molar-refractivity contribution in [1.82, 2.24) is 24.6 Å². The molecule has 0 radical (unpaired) electrons. The van der Waals surface area contributed by atoms with Crippen LogP contribution >= 0.6 is 0 Å². The minimum atomic E-state index is -0.235. The summed E-state index contributed by atoms with van der Waals surface area (Å²) in [5.74, 6) is 0.837. The van der Waals surface area contributed by atoms with E-state index in [2.05, 4.69) is 20.0 Å². The number of aromatic amines is 1. The van der Waals surface area contributed by atoms with Gasteiger partial charge >= 0.3 is 0 Å². The average Bonchev–Trinajstić information content (AvgIpc) is 2.92. The number of rotatable bonds is 3. The number of fused-ring (bicyclic) bond motifs is 1. The van der Waals surface area contributed by atoms with Crippen LogP contribution in [0.3, 0.4) is 0 Å². The van der Waals surface area contributed by atoms with Crippen molar-refractivity contribution < 1.29 is 4.74 Å². The SMILES string of the molecule is Cn1nc(N)c2nc(C(c3ccccc3)N3CCOCC3)[nH]c(=O)c21. The number of aromatic nitrogens is 4. The first-order valence-corrected chi connectivity index (χ1v) is 8.24. The van der Waals surface area contributed by atoms with E-state index in [-0.39, 0.29) is 17.4 Å². The van der Waals surface area contributed by atoms with Crippen LogP contribution in [0.2, 0.25) is 0 Å². The Bertz CT molecular complexity index is 943. The van der Waals surface area contributed by atoms with Gasteiger partial charge in [-0.1, -0.05) is 30.3 Å². The van der Waals surface area contributed by atoms with Gasteiger partial charge < -0.3 is 15.5 Å². The molecule has 3 heterocycles. The standard InChI is InChI=1S/C17H20N6O2/c1-22-14-12(15(18)21-22)19-16(20-17(14)24)13(11-5-3-2-4-6-11)23-7-9-25-10-8-23/h2-6,13H,7-10H2,1H3,(H2,18,21)(H,19,20,24). The van der Waals surface area contributed by atoms with E-state index in [1.165, 1.54) is 4.68 Å². The van der Waals surface area contributed by atoms with E-state index < -0.39 is 0 Å². The molecule has 1 fully saturated rings. The van der Waals surface area contributed by atoms with E-state index in [0.717, 1.165) is 18.7 Å². The highest BCUT2D eigenvalue weighted by Gasteiger charge is 2.27. The lowest BCUT2D eigenvalue weighted by Crippen LogP contribution is -2.40. The summed E-state index contributed by atoms with van der Waals surface area (Å²) in [5.41, 5.74) is 7.60. The number of nitrogens with one attached hydrogen (secondary N) is 1. The molecule has 1 atom stereocenters. The molecule has 25 heavy (non-hydrogen) atoms. The molecule has 1 unspecified atom stereocenters. The molecule has 1 aromatic carbocycles. The number of nitrogens with two attached hydrogens (primary N) is 1. The number of hydrogen-bond acceptors (Lipinski definition) is 6. The van der Waals surface area contributed by atoms with E-state index in [1.54, 1.807) is 7.05 Å². The van der Waals surface area contributed by atoms with Crippen molar-refractivity contribution in [1.29, 1.82) is 0 Å². The zero-order valence-corrected chi connectivity index (χ0v) is 14.0. The molecule has 0 saturated carbocycles. The zero-order valence-electron chi connectivity index (χ0n) is 14.0. The Morgan fingerprint density at radius 1 is 1.24 bits per heavy atom. The Kier molecular flexibility index (Phi) is 3.98. The van der Waals surface area contributed by atoms with Crippen LogP contribution < -0.4 is 11.3 Å². The van der Waals surface area contributed by atoms with Gasteiger partial charge in [0, 0.05) is 20.1 Å². The number of anilines is 1. The van der Waals surface area contributed by atoms with Crippen LogP contribution in [0, 0.1) is 0 Å². The molecule has 8 heteroatoms. The first-order valence-electron chi connectivity index (χ1n) is 8.24. The quantitative estimate of drug-likeness (QED) is 0.726. The van der Waals surface area contributed by atoms with Gasteiger partial charge in [0.1, 0.15) is 11.3 Å². The Hall–Kier alpha value is -2.71. The summed E-state index contributed by atoms with van der Waals surface area (Å²) in [6, 6.07) is 9.85. The normalized spacial score (nSPS) is 17.0. The van der Waals surface area contributed by atoms with Crippen molar-refractivity contribution in [2.24, 2.45) is 7.05 Å². The summed E-state index contributed by atoms with van der Waals surface area (Å²) in [6.45, 7) is 2.85. The fraction of sp³-hybridized carbons (Fsp3) is 0.353. The maximum absolute atomic E-state index is 12.6. The van der Waals surface area contributed by atoms with Crippen LogP contribution in [0.15, 0.2) is 35.1 Å². The van der Waals surface area contributed by atoms with Gasteiger partial charge in [0.2, 0.25) is 0 Å². The highest BCUT2D eigenvalue weighted by Crippen LogP contribution is 2.27. The fourth-order valence-corrected chi connectivity index (χ4v) is 3.36. The summed E-state index contributed by atoms with van der Waals surface area (Å²) >= 11 is 0. The van der Waals surface area contributed by atoms with E-state index >= 15 is 0 Å². The third-order valence-corrected chi connectivity index (χ3v) is 4.52. The van der Waals surface area contributed by atoms with Crippen LogP contribution in [0.25, 0.3) is 11.0 Å². The van der Waals surface area contributed by atoms with Gasteiger partial charge in [-0.05, 0) is 5.56 Å². The predicted octanol–water partition coefficient (Wildman–Crippen LogP) is 0.660. The molecular weight excluding hydrogens is 320 g/mol. The number of aryl methyl sites for hydroxylation is 1. The monoisotopic (exact) mass is 340 g/mol.